The van der Waals surface area contributed by atoms with Crippen molar-refractivity contribution in [2.45, 2.75) is 0 Å². The lowest BCUT2D eigenvalue weighted by Gasteiger charge is -2.07. The van der Waals surface area contributed by atoms with E-state index in [1.807, 2.05) is 6.07 Å². The standard InChI is InChI=1S/C17H16ClNO3/c1-21-15-8-6-12(16(11-15)22-2)7-9-17(20)19-14-5-3-4-13(18)10-14/h3-11H,1-2H3,(H,19,20). The predicted molar refractivity (Wildman–Crippen MR) is 88.7 cm³/mol. The van der Waals surface area contributed by atoms with Gasteiger partial charge in [-0.1, -0.05) is 17.7 Å². The second-order valence-corrected chi connectivity index (χ2v) is 4.88. The maximum atomic E-state index is 11.9. The van der Waals surface area contributed by atoms with Crippen molar-refractivity contribution < 1.29 is 14.3 Å². The molecule has 5 heteroatoms. The summed E-state index contributed by atoms with van der Waals surface area (Å²) in [6, 6.07) is 12.3. The Labute approximate surface area is 134 Å². The molecule has 0 radical (unpaired) electrons. The maximum absolute atomic E-state index is 11.9. The van der Waals surface area contributed by atoms with Gasteiger partial charge in [0.15, 0.2) is 0 Å². The topological polar surface area (TPSA) is 47.6 Å². The van der Waals surface area contributed by atoms with Gasteiger partial charge in [0, 0.05) is 28.4 Å². The highest BCUT2D eigenvalue weighted by atomic mass is 35.5. The maximum Gasteiger partial charge on any atom is 0.248 e. The summed E-state index contributed by atoms with van der Waals surface area (Å²) in [7, 11) is 3.15. The van der Waals surface area contributed by atoms with Crippen molar-refractivity contribution in [2.75, 3.05) is 19.5 Å². The Morgan fingerprint density at radius 3 is 2.64 bits per heavy atom. The van der Waals surface area contributed by atoms with E-state index in [1.165, 1.54) is 6.08 Å². The van der Waals surface area contributed by atoms with Crippen molar-refractivity contribution in [3.05, 3.63) is 59.1 Å². The van der Waals surface area contributed by atoms with Crippen LogP contribution in [0.2, 0.25) is 5.02 Å². The Bertz CT molecular complexity index is 698. The lowest BCUT2D eigenvalue weighted by atomic mass is 10.1. The van der Waals surface area contributed by atoms with Crippen molar-refractivity contribution in [1.82, 2.24) is 0 Å². The first-order valence-corrected chi connectivity index (χ1v) is 6.97. The molecule has 0 unspecified atom stereocenters. The van der Waals surface area contributed by atoms with Crippen LogP contribution in [0.1, 0.15) is 5.56 Å². The second kappa shape index (κ2) is 7.52. The number of nitrogens with one attached hydrogen (secondary N) is 1. The van der Waals surface area contributed by atoms with E-state index in [0.29, 0.717) is 22.2 Å². The SMILES string of the molecule is COc1ccc(C=CC(=O)Nc2cccc(Cl)c2)c(OC)c1. The third kappa shape index (κ3) is 4.27. The number of carbonyl (C=O) groups is 1. The number of anilines is 1. The molecule has 2 aromatic carbocycles. The molecule has 0 aromatic heterocycles. The number of halogens is 1. The highest BCUT2D eigenvalue weighted by Gasteiger charge is 2.03. The van der Waals surface area contributed by atoms with Gasteiger partial charge in [0.2, 0.25) is 5.91 Å². The zero-order valence-electron chi connectivity index (χ0n) is 12.3. The minimum Gasteiger partial charge on any atom is -0.497 e. The number of carbonyl (C=O) groups excluding carboxylic acids is 1. The average molecular weight is 318 g/mol. The van der Waals surface area contributed by atoms with E-state index in [4.69, 9.17) is 21.1 Å². The van der Waals surface area contributed by atoms with E-state index < -0.39 is 0 Å². The molecule has 2 aromatic rings. The molecular weight excluding hydrogens is 302 g/mol. The van der Waals surface area contributed by atoms with E-state index in [0.717, 1.165) is 5.56 Å². The Balaban J connectivity index is 2.09. The zero-order valence-corrected chi connectivity index (χ0v) is 13.1. The number of methoxy groups -OCH3 is 2. The number of hydrogen-bond donors (Lipinski definition) is 1. The molecule has 0 aliphatic carbocycles. The fraction of sp³-hybridized carbons (Fsp3) is 0.118. The molecule has 1 N–H and O–H groups in total. The Hall–Kier alpha value is -2.46. The highest BCUT2D eigenvalue weighted by Crippen LogP contribution is 2.25. The monoisotopic (exact) mass is 317 g/mol. The molecule has 0 fully saturated rings. The first-order chi connectivity index (χ1) is 10.6. The van der Waals surface area contributed by atoms with Gasteiger partial charge in [-0.2, -0.15) is 0 Å². The second-order valence-electron chi connectivity index (χ2n) is 4.44. The summed E-state index contributed by atoms with van der Waals surface area (Å²) in [5, 5.41) is 3.31. The number of ether oxygens (including phenoxy) is 2. The van der Waals surface area contributed by atoms with Crippen molar-refractivity contribution in [2.24, 2.45) is 0 Å². The molecule has 0 aliphatic rings. The normalized spacial score (nSPS) is 10.5. The number of benzene rings is 2. The number of hydrogen-bond acceptors (Lipinski definition) is 3. The van der Waals surface area contributed by atoms with Crippen molar-refractivity contribution >= 4 is 29.3 Å². The van der Waals surface area contributed by atoms with Gasteiger partial charge in [0.1, 0.15) is 11.5 Å². The minimum atomic E-state index is -0.250. The molecule has 0 heterocycles. The van der Waals surface area contributed by atoms with Crippen molar-refractivity contribution in [3.63, 3.8) is 0 Å². The molecule has 4 nitrogen and oxygen atoms in total. The molecule has 2 rings (SSSR count). The smallest absolute Gasteiger partial charge is 0.248 e. The van der Waals surface area contributed by atoms with Crippen LogP contribution < -0.4 is 14.8 Å². The largest absolute Gasteiger partial charge is 0.497 e. The lowest BCUT2D eigenvalue weighted by molar-refractivity contribution is -0.111. The van der Waals surface area contributed by atoms with Crippen LogP contribution in [0, 0.1) is 0 Å². The molecule has 0 saturated heterocycles. The van der Waals surface area contributed by atoms with E-state index in [-0.39, 0.29) is 5.91 Å². The van der Waals surface area contributed by atoms with Crippen LogP contribution >= 0.6 is 11.6 Å². The van der Waals surface area contributed by atoms with Gasteiger partial charge in [-0.05, 0) is 36.4 Å². The molecule has 22 heavy (non-hydrogen) atoms. The molecule has 0 atom stereocenters. The van der Waals surface area contributed by atoms with E-state index in [9.17, 15) is 4.79 Å². The van der Waals surface area contributed by atoms with Crippen LogP contribution in [-0.2, 0) is 4.79 Å². The van der Waals surface area contributed by atoms with Crippen LogP contribution in [0.15, 0.2) is 48.5 Å². The van der Waals surface area contributed by atoms with E-state index >= 15 is 0 Å². The summed E-state index contributed by atoms with van der Waals surface area (Å²) in [5.74, 6) is 1.07. The van der Waals surface area contributed by atoms with Gasteiger partial charge < -0.3 is 14.8 Å². The van der Waals surface area contributed by atoms with Gasteiger partial charge in [-0.3, -0.25) is 4.79 Å². The van der Waals surface area contributed by atoms with Crippen LogP contribution in [0.25, 0.3) is 6.08 Å². The third-order valence-electron chi connectivity index (χ3n) is 2.95. The molecule has 0 spiro atoms. The third-order valence-corrected chi connectivity index (χ3v) is 3.18. The molecular formula is C17H16ClNO3. The van der Waals surface area contributed by atoms with Crippen LogP contribution in [-0.4, -0.2) is 20.1 Å². The summed E-state index contributed by atoms with van der Waals surface area (Å²) < 4.78 is 10.4. The van der Waals surface area contributed by atoms with Crippen LogP contribution in [0.5, 0.6) is 11.5 Å². The molecule has 0 aliphatic heterocycles. The van der Waals surface area contributed by atoms with Gasteiger partial charge in [-0.15, -0.1) is 0 Å². The van der Waals surface area contributed by atoms with Crippen LogP contribution in [0.4, 0.5) is 5.69 Å². The molecule has 1 amide bonds. The van der Waals surface area contributed by atoms with Crippen molar-refractivity contribution in [3.8, 4) is 11.5 Å². The van der Waals surface area contributed by atoms with Crippen LogP contribution in [0.3, 0.4) is 0 Å². The Morgan fingerprint density at radius 2 is 1.95 bits per heavy atom. The summed E-state index contributed by atoms with van der Waals surface area (Å²) in [6.45, 7) is 0. The molecule has 114 valence electrons. The first kappa shape index (κ1) is 15.9. The molecule has 0 saturated carbocycles. The summed E-state index contributed by atoms with van der Waals surface area (Å²) in [4.78, 5) is 11.9. The predicted octanol–water partition coefficient (Wildman–Crippen LogP) is 4.01. The fourth-order valence-electron chi connectivity index (χ4n) is 1.87. The summed E-state index contributed by atoms with van der Waals surface area (Å²) in [5.41, 5.74) is 1.42. The molecule has 0 bridgehead atoms. The number of amides is 1. The Morgan fingerprint density at radius 1 is 1.14 bits per heavy atom. The van der Waals surface area contributed by atoms with E-state index in [1.54, 1.807) is 56.7 Å². The summed E-state index contributed by atoms with van der Waals surface area (Å²) in [6.07, 6.45) is 3.11. The number of rotatable bonds is 5. The van der Waals surface area contributed by atoms with Gasteiger partial charge in [0.05, 0.1) is 14.2 Å². The van der Waals surface area contributed by atoms with Gasteiger partial charge in [-0.25, -0.2) is 0 Å². The minimum absolute atomic E-state index is 0.250. The highest BCUT2D eigenvalue weighted by molar-refractivity contribution is 6.30. The average Bonchev–Trinajstić information content (AvgIpc) is 2.52. The summed E-state index contributed by atoms with van der Waals surface area (Å²) >= 11 is 5.87. The fourth-order valence-corrected chi connectivity index (χ4v) is 2.06. The van der Waals surface area contributed by atoms with E-state index in [2.05, 4.69) is 5.32 Å². The van der Waals surface area contributed by atoms with Gasteiger partial charge >= 0.3 is 0 Å². The lowest BCUT2D eigenvalue weighted by Crippen LogP contribution is -2.07. The first-order valence-electron chi connectivity index (χ1n) is 6.59. The van der Waals surface area contributed by atoms with Gasteiger partial charge in [0.25, 0.3) is 0 Å². The zero-order chi connectivity index (χ0) is 15.9. The quantitative estimate of drug-likeness (QED) is 0.848. The van der Waals surface area contributed by atoms with Crippen molar-refractivity contribution in [1.29, 1.82) is 0 Å². The Kier molecular flexibility index (Phi) is 5.44.